The van der Waals surface area contributed by atoms with Crippen LogP contribution in [0.5, 0.6) is 0 Å². The average molecular weight is 353 g/mol. The zero-order valence-electron chi connectivity index (χ0n) is 10.3. The molecule has 1 aliphatic heterocycles. The van der Waals surface area contributed by atoms with E-state index in [0.717, 1.165) is 12.8 Å². The van der Waals surface area contributed by atoms with Crippen LogP contribution in [0.4, 0.5) is 0 Å². The molecule has 98 valence electrons. The number of halogens is 1. The van der Waals surface area contributed by atoms with E-state index < -0.39 is 11.9 Å². The van der Waals surface area contributed by atoms with E-state index in [0.29, 0.717) is 18.9 Å². The van der Waals surface area contributed by atoms with E-state index in [1.165, 1.54) is 0 Å². The molecule has 0 spiro atoms. The van der Waals surface area contributed by atoms with Gasteiger partial charge in [0.2, 0.25) is 11.8 Å². The fraction of sp³-hybridized carbons (Fsp3) is 0.818. The van der Waals surface area contributed by atoms with Crippen molar-refractivity contribution in [3.63, 3.8) is 0 Å². The van der Waals surface area contributed by atoms with E-state index in [9.17, 15) is 9.59 Å². The normalized spacial score (nSPS) is 21.9. The molecular formula is C11H20IN3O2. The second kappa shape index (κ2) is 6.53. The Morgan fingerprint density at radius 3 is 2.65 bits per heavy atom. The number of nitrogens with zero attached hydrogens (tertiary/aromatic N) is 1. The molecule has 0 bridgehead atoms. The van der Waals surface area contributed by atoms with Gasteiger partial charge in [0.05, 0.1) is 6.04 Å². The Bertz CT molecular complexity index is 296. The third kappa shape index (κ3) is 3.80. The third-order valence-electron chi connectivity index (χ3n) is 3.00. The fourth-order valence-electron chi connectivity index (χ4n) is 2.19. The third-order valence-corrected chi connectivity index (χ3v) is 3.75. The molecule has 1 aliphatic rings. The molecule has 1 rings (SSSR count). The van der Waals surface area contributed by atoms with Crippen molar-refractivity contribution in [2.75, 3.05) is 6.54 Å². The summed E-state index contributed by atoms with van der Waals surface area (Å²) >= 11 is 2.00. The summed E-state index contributed by atoms with van der Waals surface area (Å²) in [5, 5.41) is 0. The van der Waals surface area contributed by atoms with Gasteiger partial charge in [-0.15, -0.1) is 0 Å². The summed E-state index contributed by atoms with van der Waals surface area (Å²) in [5.74, 6) is 0.0304. The molecule has 1 fully saturated rings. The van der Waals surface area contributed by atoms with Gasteiger partial charge in [0, 0.05) is 29.4 Å². The second-order valence-corrected chi connectivity index (χ2v) is 5.51. The zero-order valence-corrected chi connectivity index (χ0v) is 12.4. The van der Waals surface area contributed by atoms with Crippen LogP contribution >= 0.6 is 22.9 Å². The molecular weight excluding hydrogens is 333 g/mol. The van der Waals surface area contributed by atoms with Crippen LogP contribution in [0.15, 0.2) is 0 Å². The summed E-state index contributed by atoms with van der Waals surface area (Å²) in [4.78, 5) is 25.2. The number of nitrogens with two attached hydrogens (primary N) is 1. The van der Waals surface area contributed by atoms with E-state index >= 15 is 0 Å². The lowest BCUT2D eigenvalue weighted by Gasteiger charge is -2.27. The van der Waals surface area contributed by atoms with Gasteiger partial charge in [0.1, 0.15) is 6.04 Å². The van der Waals surface area contributed by atoms with Crippen molar-refractivity contribution in [3.8, 4) is 0 Å². The van der Waals surface area contributed by atoms with Crippen molar-refractivity contribution < 1.29 is 9.59 Å². The number of primary amides is 1. The lowest BCUT2D eigenvalue weighted by molar-refractivity contribution is -0.138. The van der Waals surface area contributed by atoms with E-state index in [4.69, 9.17) is 5.73 Å². The Hall–Kier alpha value is -0.370. The number of amides is 2. The van der Waals surface area contributed by atoms with Crippen LogP contribution in [0.2, 0.25) is 0 Å². The van der Waals surface area contributed by atoms with Crippen LogP contribution < -0.4 is 9.26 Å². The van der Waals surface area contributed by atoms with Crippen molar-refractivity contribution in [2.24, 2.45) is 11.7 Å². The maximum absolute atomic E-state index is 12.3. The molecule has 3 N–H and O–H groups in total. The van der Waals surface area contributed by atoms with Gasteiger partial charge in [0.25, 0.3) is 0 Å². The number of hydrogen-bond acceptors (Lipinski definition) is 3. The van der Waals surface area contributed by atoms with Crippen molar-refractivity contribution in [1.29, 1.82) is 0 Å². The molecule has 2 amide bonds. The molecule has 5 nitrogen and oxygen atoms in total. The maximum Gasteiger partial charge on any atom is 0.241 e. The minimum Gasteiger partial charge on any atom is -0.368 e. The first-order valence-corrected chi connectivity index (χ1v) is 7.01. The van der Waals surface area contributed by atoms with Gasteiger partial charge in [0.15, 0.2) is 0 Å². The summed E-state index contributed by atoms with van der Waals surface area (Å²) in [6, 6.07) is -0.641. The highest BCUT2D eigenvalue weighted by Gasteiger charge is 2.35. The number of hydrogen-bond donors (Lipinski definition) is 2. The Morgan fingerprint density at radius 1 is 1.53 bits per heavy atom. The Labute approximate surface area is 116 Å². The quantitative estimate of drug-likeness (QED) is 0.568. The maximum atomic E-state index is 12.3. The summed E-state index contributed by atoms with van der Waals surface area (Å²) in [7, 11) is 0. The number of likely N-dealkylation sites (tertiary alicyclic amines) is 1. The van der Waals surface area contributed by atoms with Crippen LogP contribution in [0.3, 0.4) is 0 Å². The Morgan fingerprint density at radius 2 is 2.18 bits per heavy atom. The molecule has 2 atom stereocenters. The topological polar surface area (TPSA) is 75.4 Å². The van der Waals surface area contributed by atoms with Gasteiger partial charge in [-0.2, -0.15) is 0 Å². The molecule has 1 saturated heterocycles. The summed E-state index contributed by atoms with van der Waals surface area (Å²) in [5.41, 5.74) is 5.31. The molecule has 0 saturated carbocycles. The lowest BCUT2D eigenvalue weighted by Crippen LogP contribution is -2.50. The van der Waals surface area contributed by atoms with Crippen molar-refractivity contribution in [2.45, 2.75) is 45.2 Å². The van der Waals surface area contributed by atoms with Crippen molar-refractivity contribution in [3.05, 3.63) is 0 Å². The predicted molar refractivity (Wildman–Crippen MR) is 74.3 cm³/mol. The minimum absolute atomic E-state index is 0.00519. The van der Waals surface area contributed by atoms with E-state index in [2.05, 4.69) is 17.4 Å². The molecule has 6 heteroatoms. The van der Waals surface area contributed by atoms with E-state index in [-0.39, 0.29) is 11.9 Å². The van der Waals surface area contributed by atoms with Crippen LogP contribution in [-0.4, -0.2) is 35.3 Å². The second-order valence-electron chi connectivity index (χ2n) is 4.88. The number of nitrogens with one attached hydrogen (secondary N) is 1. The number of carbonyl (C=O) groups excluding carboxylic acids is 2. The largest absolute Gasteiger partial charge is 0.368 e. The van der Waals surface area contributed by atoms with Crippen LogP contribution in [0.1, 0.15) is 33.1 Å². The highest BCUT2D eigenvalue weighted by Crippen LogP contribution is 2.20. The van der Waals surface area contributed by atoms with Crippen molar-refractivity contribution in [1.82, 2.24) is 8.43 Å². The van der Waals surface area contributed by atoms with Gasteiger partial charge < -0.3 is 10.6 Å². The Balaban J connectivity index is 2.69. The minimum atomic E-state index is -0.415. The molecule has 1 heterocycles. The van der Waals surface area contributed by atoms with Crippen LogP contribution in [0.25, 0.3) is 0 Å². The first-order chi connectivity index (χ1) is 7.97. The summed E-state index contributed by atoms with van der Waals surface area (Å²) in [6.45, 7) is 4.78. The van der Waals surface area contributed by atoms with Crippen LogP contribution in [-0.2, 0) is 9.59 Å². The average Bonchev–Trinajstić information content (AvgIpc) is 2.73. The highest BCUT2D eigenvalue weighted by atomic mass is 127. The van der Waals surface area contributed by atoms with Crippen LogP contribution in [0, 0.1) is 5.92 Å². The van der Waals surface area contributed by atoms with Gasteiger partial charge in [-0.25, -0.2) is 3.53 Å². The molecule has 17 heavy (non-hydrogen) atoms. The monoisotopic (exact) mass is 353 g/mol. The first kappa shape index (κ1) is 14.7. The number of carbonyl (C=O) groups is 2. The standard InChI is InChI=1S/C11H20IN3O2/c1-7(2)6-8(14-12)11(17)15-5-3-4-9(15)10(13)16/h7-9,14H,3-6H2,1-2H3,(H2,13,16). The van der Waals surface area contributed by atoms with Gasteiger partial charge in [-0.1, -0.05) is 13.8 Å². The molecule has 0 aromatic rings. The molecule has 2 unspecified atom stereocenters. The molecule has 0 aromatic heterocycles. The molecule has 0 radical (unpaired) electrons. The van der Waals surface area contributed by atoms with Gasteiger partial charge >= 0.3 is 0 Å². The van der Waals surface area contributed by atoms with E-state index in [1.807, 2.05) is 22.9 Å². The highest BCUT2D eigenvalue weighted by molar-refractivity contribution is 14.1. The molecule has 0 aromatic carbocycles. The van der Waals surface area contributed by atoms with E-state index in [1.54, 1.807) is 4.90 Å². The lowest BCUT2D eigenvalue weighted by atomic mass is 10.0. The zero-order chi connectivity index (χ0) is 13.0. The summed E-state index contributed by atoms with van der Waals surface area (Å²) in [6.07, 6.45) is 2.31. The fourth-order valence-corrected chi connectivity index (χ4v) is 2.71. The van der Waals surface area contributed by atoms with Gasteiger partial charge in [-0.05, 0) is 25.2 Å². The smallest absolute Gasteiger partial charge is 0.241 e. The first-order valence-electron chi connectivity index (χ1n) is 5.93. The SMILES string of the molecule is CC(C)CC(NI)C(=O)N1CCCC1C(N)=O. The summed E-state index contributed by atoms with van der Waals surface area (Å²) < 4.78 is 3.00. The number of rotatable bonds is 5. The predicted octanol–water partition coefficient (Wildman–Crippen LogP) is 0.817. The van der Waals surface area contributed by atoms with Crippen molar-refractivity contribution >= 4 is 34.7 Å². The molecule has 0 aliphatic carbocycles. The van der Waals surface area contributed by atoms with Gasteiger partial charge in [-0.3, -0.25) is 9.59 Å². The Kier molecular flexibility index (Phi) is 5.64.